The van der Waals surface area contributed by atoms with Gasteiger partial charge in [-0.3, -0.25) is 0 Å². The number of nitrogens with two attached hydrogens (primary N) is 1. The van der Waals surface area contributed by atoms with Crippen LogP contribution < -0.4 is 10.5 Å². The van der Waals surface area contributed by atoms with Crippen LogP contribution in [0.2, 0.25) is 0 Å². The van der Waals surface area contributed by atoms with Gasteiger partial charge >= 0.3 is 6.09 Å². The van der Waals surface area contributed by atoms with Crippen molar-refractivity contribution < 1.29 is 14.3 Å². The molecule has 1 aliphatic rings. The van der Waals surface area contributed by atoms with Gasteiger partial charge in [0.2, 0.25) is 0 Å². The summed E-state index contributed by atoms with van der Waals surface area (Å²) in [7, 11) is 0. The van der Waals surface area contributed by atoms with E-state index in [1.54, 1.807) is 16.2 Å². The number of rotatable bonds is 7. The number of halogens is 1. The number of carbonyl (C=O) groups is 1. The third-order valence-corrected chi connectivity index (χ3v) is 6.16. The van der Waals surface area contributed by atoms with Crippen LogP contribution in [0.3, 0.4) is 0 Å². The van der Waals surface area contributed by atoms with Gasteiger partial charge in [-0.2, -0.15) is 0 Å². The van der Waals surface area contributed by atoms with Crippen LogP contribution in [0.5, 0.6) is 5.75 Å². The lowest BCUT2D eigenvalue weighted by Gasteiger charge is -2.17. The number of hydrogen-bond acceptors (Lipinski definition) is 6. The quantitative estimate of drug-likeness (QED) is 0.552. The highest BCUT2D eigenvalue weighted by atomic mass is 35.5. The molecule has 1 saturated heterocycles. The maximum Gasteiger partial charge on any atom is 0.410 e. The average molecular weight is 460 g/mol. The Morgan fingerprint density at radius 1 is 1.16 bits per heavy atom. The molecule has 2 N–H and O–H groups in total. The smallest absolute Gasteiger partial charge is 0.410 e. The fraction of sp³-hybridized carbons (Fsp3) is 0.304. The van der Waals surface area contributed by atoms with Crippen LogP contribution in [-0.4, -0.2) is 35.7 Å². The molecule has 3 aromatic rings. The first-order valence-corrected chi connectivity index (χ1v) is 10.9. The van der Waals surface area contributed by atoms with E-state index in [2.05, 4.69) is 4.98 Å². The third-order valence-electron chi connectivity index (χ3n) is 5.09. The van der Waals surface area contributed by atoms with Crippen molar-refractivity contribution in [1.82, 2.24) is 9.88 Å². The fourth-order valence-corrected chi connectivity index (χ4v) is 4.18. The number of carbonyl (C=O) groups excluding carboxylic acids is 1. The number of thiazole rings is 1. The van der Waals surface area contributed by atoms with Crippen LogP contribution in [0.15, 0.2) is 60.8 Å². The van der Waals surface area contributed by atoms with Crippen LogP contribution in [0.25, 0.3) is 10.6 Å². The second kappa shape index (κ2) is 11.1. The third kappa shape index (κ3) is 6.19. The predicted molar refractivity (Wildman–Crippen MR) is 124 cm³/mol. The topological polar surface area (TPSA) is 77.7 Å². The van der Waals surface area contributed by atoms with Crippen molar-refractivity contribution in [3.63, 3.8) is 0 Å². The molecule has 6 nitrogen and oxygen atoms in total. The number of ether oxygens (including phenoxy) is 2. The van der Waals surface area contributed by atoms with Crippen molar-refractivity contribution in [1.29, 1.82) is 0 Å². The SMILES string of the molecule is Cl.NCc1cnc(-c2ccc(OC[C@H]3CCN(C(=O)OCc4ccccc4)C3)cc2)s1. The molecule has 164 valence electrons. The maximum atomic E-state index is 12.3. The summed E-state index contributed by atoms with van der Waals surface area (Å²) in [6.07, 6.45) is 2.48. The summed E-state index contributed by atoms with van der Waals surface area (Å²) in [6.45, 7) is 2.75. The van der Waals surface area contributed by atoms with Crippen LogP contribution >= 0.6 is 23.7 Å². The molecule has 1 amide bonds. The van der Waals surface area contributed by atoms with Crippen molar-refractivity contribution in [2.24, 2.45) is 11.7 Å². The second-order valence-electron chi connectivity index (χ2n) is 7.31. The zero-order valence-electron chi connectivity index (χ0n) is 17.1. The van der Waals surface area contributed by atoms with Crippen LogP contribution in [-0.2, 0) is 17.9 Å². The summed E-state index contributed by atoms with van der Waals surface area (Å²) in [5, 5.41) is 0.961. The Hall–Kier alpha value is -2.61. The minimum Gasteiger partial charge on any atom is -0.493 e. The van der Waals surface area contributed by atoms with Gasteiger partial charge in [0.25, 0.3) is 0 Å². The number of aromatic nitrogens is 1. The minimum atomic E-state index is -0.258. The number of likely N-dealkylation sites (tertiary alicyclic amines) is 1. The summed E-state index contributed by atoms with van der Waals surface area (Å²) in [6, 6.07) is 17.7. The van der Waals surface area contributed by atoms with Crippen LogP contribution in [0, 0.1) is 5.92 Å². The molecule has 0 bridgehead atoms. The molecule has 0 spiro atoms. The molecule has 0 radical (unpaired) electrons. The highest BCUT2D eigenvalue weighted by Gasteiger charge is 2.27. The van der Waals surface area contributed by atoms with E-state index in [0.717, 1.165) is 33.2 Å². The van der Waals surface area contributed by atoms with Gasteiger partial charge in [0, 0.05) is 42.2 Å². The molecule has 1 atom stereocenters. The fourth-order valence-electron chi connectivity index (χ4n) is 3.39. The maximum absolute atomic E-state index is 12.3. The molecule has 0 saturated carbocycles. The van der Waals surface area contributed by atoms with Crippen molar-refractivity contribution in [2.45, 2.75) is 19.6 Å². The van der Waals surface area contributed by atoms with Gasteiger partial charge in [-0.25, -0.2) is 9.78 Å². The molecule has 1 aliphatic heterocycles. The first kappa shape index (κ1) is 23.1. The van der Waals surface area contributed by atoms with Gasteiger partial charge in [0.1, 0.15) is 17.4 Å². The molecular formula is C23H26ClN3O3S. The predicted octanol–water partition coefficient (Wildman–Crippen LogP) is 4.73. The molecule has 31 heavy (non-hydrogen) atoms. The van der Waals surface area contributed by atoms with E-state index in [-0.39, 0.29) is 18.5 Å². The van der Waals surface area contributed by atoms with Crippen molar-refractivity contribution >= 4 is 29.8 Å². The molecule has 1 aromatic heterocycles. The lowest BCUT2D eigenvalue weighted by molar-refractivity contribution is 0.102. The van der Waals surface area contributed by atoms with E-state index in [0.29, 0.717) is 38.8 Å². The van der Waals surface area contributed by atoms with E-state index in [9.17, 15) is 4.79 Å². The van der Waals surface area contributed by atoms with E-state index < -0.39 is 0 Å². The van der Waals surface area contributed by atoms with Gasteiger partial charge in [-0.1, -0.05) is 30.3 Å². The molecule has 2 aromatic carbocycles. The summed E-state index contributed by atoms with van der Waals surface area (Å²) < 4.78 is 11.4. The van der Waals surface area contributed by atoms with E-state index in [1.807, 2.05) is 60.8 Å². The Morgan fingerprint density at radius 2 is 1.94 bits per heavy atom. The zero-order valence-corrected chi connectivity index (χ0v) is 18.7. The van der Waals surface area contributed by atoms with Gasteiger partial charge in [-0.05, 0) is 36.2 Å². The number of nitrogens with zero attached hydrogens (tertiary/aromatic N) is 2. The van der Waals surface area contributed by atoms with Crippen molar-refractivity contribution in [3.05, 3.63) is 71.2 Å². The van der Waals surface area contributed by atoms with Crippen molar-refractivity contribution in [2.75, 3.05) is 19.7 Å². The highest BCUT2D eigenvalue weighted by Crippen LogP contribution is 2.27. The molecule has 0 aliphatic carbocycles. The number of hydrogen-bond donors (Lipinski definition) is 1. The number of benzene rings is 2. The van der Waals surface area contributed by atoms with E-state index in [1.165, 1.54) is 0 Å². The van der Waals surface area contributed by atoms with Gasteiger partial charge in [0.15, 0.2) is 0 Å². The zero-order chi connectivity index (χ0) is 20.8. The first-order valence-electron chi connectivity index (χ1n) is 10.0. The lowest BCUT2D eigenvalue weighted by atomic mass is 10.1. The van der Waals surface area contributed by atoms with Gasteiger partial charge in [0.05, 0.1) is 6.61 Å². The Morgan fingerprint density at radius 3 is 2.65 bits per heavy atom. The van der Waals surface area contributed by atoms with E-state index in [4.69, 9.17) is 15.2 Å². The monoisotopic (exact) mass is 459 g/mol. The van der Waals surface area contributed by atoms with Gasteiger partial charge < -0.3 is 20.1 Å². The molecule has 1 fully saturated rings. The first-order chi connectivity index (χ1) is 14.7. The summed E-state index contributed by atoms with van der Waals surface area (Å²) in [5.41, 5.74) is 7.70. The minimum absolute atomic E-state index is 0. The summed E-state index contributed by atoms with van der Waals surface area (Å²) >= 11 is 1.60. The second-order valence-corrected chi connectivity index (χ2v) is 8.43. The standard InChI is InChI=1S/C23H25N3O3S.ClH/c24-12-21-13-25-22(30-21)19-6-8-20(9-7-19)28-16-18-10-11-26(14-18)23(27)29-15-17-4-2-1-3-5-17;/h1-9,13,18H,10-12,14-16,24H2;1H/t18-;/m0./s1. The molecular weight excluding hydrogens is 434 g/mol. The molecule has 4 rings (SSSR count). The largest absolute Gasteiger partial charge is 0.493 e. The number of amides is 1. The summed E-state index contributed by atoms with van der Waals surface area (Å²) in [4.78, 5) is 19.5. The highest BCUT2D eigenvalue weighted by molar-refractivity contribution is 7.15. The average Bonchev–Trinajstić information content (AvgIpc) is 3.47. The van der Waals surface area contributed by atoms with Gasteiger partial charge in [-0.15, -0.1) is 23.7 Å². The lowest BCUT2D eigenvalue weighted by Crippen LogP contribution is -2.30. The molecule has 8 heteroatoms. The normalized spacial score (nSPS) is 15.4. The van der Waals surface area contributed by atoms with Crippen molar-refractivity contribution in [3.8, 4) is 16.3 Å². The molecule has 0 unspecified atom stereocenters. The Labute approximate surface area is 192 Å². The Bertz CT molecular complexity index is 966. The summed E-state index contributed by atoms with van der Waals surface area (Å²) in [5.74, 6) is 1.12. The Kier molecular flexibility index (Phi) is 8.28. The van der Waals surface area contributed by atoms with Crippen LogP contribution in [0.4, 0.5) is 4.79 Å². The Balaban J connectivity index is 0.00000272. The van der Waals surface area contributed by atoms with E-state index >= 15 is 0 Å². The molecule has 2 heterocycles. The van der Waals surface area contributed by atoms with Crippen LogP contribution in [0.1, 0.15) is 16.9 Å².